The van der Waals surface area contributed by atoms with E-state index in [9.17, 15) is 22.8 Å². The SMILES string of the molecule is Cc1ccc(C2=NN(Cc3ccc(C4=NNC(=O)CC4C)cc3)C(=O)CC2C)c2cc(C(F)(F)F)nn12. The van der Waals surface area contributed by atoms with E-state index in [0.717, 1.165) is 22.9 Å². The number of benzene rings is 1. The van der Waals surface area contributed by atoms with Crippen LogP contribution in [-0.2, 0) is 22.3 Å². The molecule has 0 aliphatic carbocycles. The molecule has 0 saturated carbocycles. The number of hydrazone groups is 2. The quantitative estimate of drug-likeness (QED) is 0.568. The number of halogens is 3. The highest BCUT2D eigenvalue weighted by Crippen LogP contribution is 2.32. The number of alkyl halides is 3. The molecule has 192 valence electrons. The second-order valence-corrected chi connectivity index (χ2v) is 9.59. The number of carbonyl (C=O) groups excluding carboxylic acids is 2. The van der Waals surface area contributed by atoms with E-state index < -0.39 is 11.9 Å². The van der Waals surface area contributed by atoms with Crippen LogP contribution in [0.2, 0.25) is 0 Å². The third-order valence-corrected chi connectivity index (χ3v) is 6.68. The lowest BCUT2D eigenvalue weighted by atomic mass is 9.92. The Morgan fingerprint density at radius 2 is 1.70 bits per heavy atom. The normalized spacial score (nSPS) is 20.6. The van der Waals surface area contributed by atoms with Gasteiger partial charge in [-0.25, -0.2) is 15.0 Å². The molecule has 11 heteroatoms. The fraction of sp³-hybridized carbons (Fsp3) is 0.346. The highest BCUT2D eigenvalue weighted by molar-refractivity contribution is 6.10. The maximum absolute atomic E-state index is 13.4. The van der Waals surface area contributed by atoms with Crippen LogP contribution in [0.15, 0.2) is 52.7 Å². The first-order chi connectivity index (χ1) is 17.5. The predicted octanol–water partition coefficient (Wildman–Crippen LogP) is 4.29. The zero-order chi connectivity index (χ0) is 26.5. The van der Waals surface area contributed by atoms with Gasteiger partial charge in [0.15, 0.2) is 5.69 Å². The lowest BCUT2D eigenvalue weighted by Crippen LogP contribution is -2.36. The van der Waals surface area contributed by atoms with Gasteiger partial charge in [0.25, 0.3) is 0 Å². The second kappa shape index (κ2) is 9.13. The smallest absolute Gasteiger partial charge is 0.273 e. The molecule has 2 aliphatic heterocycles. The molecule has 1 aromatic carbocycles. The predicted molar refractivity (Wildman–Crippen MR) is 131 cm³/mol. The van der Waals surface area contributed by atoms with E-state index in [0.29, 0.717) is 28.9 Å². The van der Waals surface area contributed by atoms with Crippen LogP contribution in [0, 0.1) is 18.8 Å². The number of aromatic nitrogens is 2. The number of hydrogen-bond acceptors (Lipinski definition) is 5. The maximum atomic E-state index is 13.4. The standard InChI is InChI=1S/C26H25F3N6O2/c1-14-10-22(36)30-31-24(14)18-7-5-17(6-8-18)13-34-23(37)11-15(2)25(33-34)19-9-4-16(3)35-20(19)12-21(32-35)26(27,28)29/h4-9,12,14-15H,10-11,13H2,1-3H3,(H,30,36). The topological polar surface area (TPSA) is 91.4 Å². The van der Waals surface area contributed by atoms with Crippen molar-refractivity contribution in [3.63, 3.8) is 0 Å². The van der Waals surface area contributed by atoms with E-state index in [2.05, 4.69) is 20.7 Å². The van der Waals surface area contributed by atoms with Gasteiger partial charge in [0.05, 0.1) is 23.5 Å². The summed E-state index contributed by atoms with van der Waals surface area (Å²) in [6, 6.07) is 12.0. The van der Waals surface area contributed by atoms with Crippen LogP contribution in [0.25, 0.3) is 5.52 Å². The van der Waals surface area contributed by atoms with Gasteiger partial charge in [-0.3, -0.25) is 9.59 Å². The van der Waals surface area contributed by atoms with Crippen molar-refractivity contribution in [1.82, 2.24) is 20.0 Å². The average Bonchev–Trinajstić information content (AvgIpc) is 3.30. The molecule has 0 saturated heterocycles. The first kappa shape index (κ1) is 24.7. The Morgan fingerprint density at radius 1 is 1.00 bits per heavy atom. The third-order valence-electron chi connectivity index (χ3n) is 6.68. The Bertz CT molecular complexity index is 1460. The van der Waals surface area contributed by atoms with Gasteiger partial charge < -0.3 is 0 Å². The zero-order valence-electron chi connectivity index (χ0n) is 20.5. The number of nitrogens with one attached hydrogen (secondary N) is 1. The third kappa shape index (κ3) is 4.73. The fourth-order valence-electron chi connectivity index (χ4n) is 4.70. The van der Waals surface area contributed by atoms with Crippen LogP contribution in [-0.4, -0.2) is 37.9 Å². The van der Waals surface area contributed by atoms with E-state index in [1.54, 1.807) is 19.1 Å². The van der Waals surface area contributed by atoms with Crippen molar-refractivity contribution in [1.29, 1.82) is 0 Å². The summed E-state index contributed by atoms with van der Waals surface area (Å²) in [5.74, 6) is -0.565. The van der Waals surface area contributed by atoms with Crippen molar-refractivity contribution in [3.8, 4) is 0 Å². The van der Waals surface area contributed by atoms with E-state index in [4.69, 9.17) is 0 Å². The van der Waals surface area contributed by atoms with Crippen LogP contribution in [0.1, 0.15) is 54.8 Å². The minimum atomic E-state index is -4.57. The van der Waals surface area contributed by atoms with E-state index in [1.165, 1.54) is 9.52 Å². The van der Waals surface area contributed by atoms with Crippen molar-refractivity contribution < 1.29 is 22.8 Å². The van der Waals surface area contributed by atoms with Crippen molar-refractivity contribution in [2.24, 2.45) is 22.0 Å². The van der Waals surface area contributed by atoms with Crippen molar-refractivity contribution in [2.45, 2.75) is 46.3 Å². The van der Waals surface area contributed by atoms with Crippen molar-refractivity contribution >= 4 is 28.8 Å². The number of aryl methyl sites for hydroxylation is 1. The Kier molecular flexibility index (Phi) is 6.09. The monoisotopic (exact) mass is 510 g/mol. The Labute approximate surface area is 210 Å². The van der Waals surface area contributed by atoms with Crippen LogP contribution in [0.4, 0.5) is 13.2 Å². The summed E-state index contributed by atoms with van der Waals surface area (Å²) in [6.07, 6.45) is -4.02. The van der Waals surface area contributed by atoms with Gasteiger partial charge in [-0.05, 0) is 36.2 Å². The van der Waals surface area contributed by atoms with E-state index in [1.807, 2.05) is 38.1 Å². The molecule has 0 spiro atoms. The van der Waals surface area contributed by atoms with Gasteiger partial charge in [0.1, 0.15) is 0 Å². The molecule has 8 nitrogen and oxygen atoms in total. The molecule has 0 bridgehead atoms. The summed E-state index contributed by atoms with van der Waals surface area (Å²) < 4.78 is 41.4. The van der Waals surface area contributed by atoms with Crippen LogP contribution < -0.4 is 5.43 Å². The molecule has 1 N–H and O–H groups in total. The van der Waals surface area contributed by atoms with Gasteiger partial charge in [0.2, 0.25) is 11.8 Å². The molecule has 0 fully saturated rings. The Balaban J connectivity index is 1.45. The number of rotatable bonds is 4. The van der Waals surface area contributed by atoms with Gasteiger partial charge in [-0.1, -0.05) is 38.1 Å². The molecule has 2 atom stereocenters. The molecular formula is C26H25F3N6O2. The first-order valence-electron chi connectivity index (χ1n) is 11.9. The highest BCUT2D eigenvalue weighted by Gasteiger charge is 2.35. The summed E-state index contributed by atoms with van der Waals surface area (Å²) in [6.45, 7) is 5.67. The van der Waals surface area contributed by atoms with Gasteiger partial charge in [-0.15, -0.1) is 0 Å². The number of nitrogens with zero attached hydrogens (tertiary/aromatic N) is 5. The Hall–Kier alpha value is -4.02. The van der Waals surface area contributed by atoms with Crippen LogP contribution in [0.3, 0.4) is 0 Å². The maximum Gasteiger partial charge on any atom is 0.435 e. The molecule has 2 amide bonds. The summed E-state index contributed by atoms with van der Waals surface area (Å²) in [4.78, 5) is 24.3. The minimum absolute atomic E-state index is 0.00956. The number of carbonyl (C=O) groups is 2. The van der Waals surface area contributed by atoms with E-state index >= 15 is 0 Å². The lowest BCUT2D eigenvalue weighted by Gasteiger charge is -2.28. The van der Waals surface area contributed by atoms with Crippen LogP contribution in [0.5, 0.6) is 0 Å². The average molecular weight is 511 g/mol. The molecule has 3 aromatic rings. The molecule has 0 radical (unpaired) electrons. The number of hydrogen-bond donors (Lipinski definition) is 1. The zero-order valence-corrected chi connectivity index (χ0v) is 20.5. The lowest BCUT2D eigenvalue weighted by molar-refractivity contribution is -0.141. The fourth-order valence-corrected chi connectivity index (χ4v) is 4.70. The molecule has 2 unspecified atom stereocenters. The largest absolute Gasteiger partial charge is 0.435 e. The van der Waals surface area contributed by atoms with Gasteiger partial charge in [-0.2, -0.15) is 28.5 Å². The number of fused-ring (bicyclic) bond motifs is 1. The van der Waals surface area contributed by atoms with Crippen molar-refractivity contribution in [3.05, 3.63) is 70.5 Å². The molecule has 4 heterocycles. The van der Waals surface area contributed by atoms with Gasteiger partial charge >= 0.3 is 6.18 Å². The molecule has 37 heavy (non-hydrogen) atoms. The second-order valence-electron chi connectivity index (χ2n) is 9.59. The summed E-state index contributed by atoms with van der Waals surface area (Å²) in [7, 11) is 0. The summed E-state index contributed by atoms with van der Waals surface area (Å²) in [5, 5.41) is 13.9. The van der Waals surface area contributed by atoms with Gasteiger partial charge in [0, 0.05) is 35.9 Å². The van der Waals surface area contributed by atoms with Crippen LogP contribution >= 0.6 is 0 Å². The summed E-state index contributed by atoms with van der Waals surface area (Å²) in [5.41, 5.74) is 5.94. The molecule has 5 rings (SSSR count). The molecular weight excluding hydrogens is 485 g/mol. The molecule has 2 aliphatic rings. The van der Waals surface area contributed by atoms with Crippen molar-refractivity contribution in [2.75, 3.05) is 0 Å². The first-order valence-corrected chi connectivity index (χ1v) is 11.9. The number of pyridine rings is 1. The Morgan fingerprint density at radius 3 is 2.38 bits per heavy atom. The highest BCUT2D eigenvalue weighted by atomic mass is 19.4. The minimum Gasteiger partial charge on any atom is -0.273 e. The van der Waals surface area contributed by atoms with E-state index in [-0.39, 0.29) is 36.6 Å². The summed E-state index contributed by atoms with van der Waals surface area (Å²) >= 11 is 0. The number of amides is 2. The molecule has 2 aromatic heterocycles.